The van der Waals surface area contributed by atoms with Crippen LogP contribution in [0, 0.1) is 0 Å². The zero-order valence-corrected chi connectivity index (χ0v) is 13.1. The molecule has 0 saturated carbocycles. The molecule has 0 bridgehead atoms. The van der Waals surface area contributed by atoms with Gasteiger partial charge in [-0.15, -0.1) is 0 Å². The van der Waals surface area contributed by atoms with E-state index in [4.69, 9.17) is 16.0 Å². The van der Waals surface area contributed by atoms with Crippen molar-refractivity contribution < 1.29 is 9.52 Å². The summed E-state index contributed by atoms with van der Waals surface area (Å²) in [5.41, 5.74) is 0.106. The molecule has 0 amide bonds. The van der Waals surface area contributed by atoms with Gasteiger partial charge in [0.2, 0.25) is 0 Å². The van der Waals surface area contributed by atoms with E-state index in [1.165, 1.54) is 0 Å². The summed E-state index contributed by atoms with van der Waals surface area (Å²) in [6.07, 6.45) is 0. The van der Waals surface area contributed by atoms with E-state index in [-0.39, 0.29) is 0 Å². The summed E-state index contributed by atoms with van der Waals surface area (Å²) in [6, 6.07) is 14.9. The summed E-state index contributed by atoms with van der Waals surface area (Å²) < 4.78 is 6.60. The lowest BCUT2D eigenvalue weighted by Gasteiger charge is -2.22. The molecule has 3 rings (SSSR count). The van der Waals surface area contributed by atoms with Crippen LogP contribution in [-0.2, 0) is 5.60 Å². The van der Waals surface area contributed by atoms with Crippen molar-refractivity contribution in [1.29, 1.82) is 0 Å². The number of hydrogen-bond acceptors (Lipinski definition) is 2. The Bertz CT molecular complexity index is 777. The molecule has 0 spiro atoms. The second kappa shape index (κ2) is 4.92. The molecule has 2 nitrogen and oxygen atoms in total. The normalized spacial score (nSPS) is 14.4. The molecule has 1 unspecified atom stereocenters. The second-order valence-corrected chi connectivity index (χ2v) is 6.08. The van der Waals surface area contributed by atoms with Gasteiger partial charge in [-0.05, 0) is 25.1 Å². The highest BCUT2D eigenvalue weighted by Crippen LogP contribution is 2.38. The number of hydrogen-bond donors (Lipinski definition) is 1. The first-order valence-corrected chi connectivity index (χ1v) is 7.33. The first-order valence-electron chi connectivity index (χ1n) is 6.16. The van der Waals surface area contributed by atoms with Crippen LogP contribution in [0.15, 0.2) is 57.4 Å². The molecule has 1 heterocycles. The molecule has 0 aliphatic rings. The molecule has 4 heteroatoms. The number of benzene rings is 2. The monoisotopic (exact) mass is 350 g/mol. The average molecular weight is 352 g/mol. The van der Waals surface area contributed by atoms with Gasteiger partial charge in [-0.25, -0.2) is 0 Å². The minimum Gasteiger partial charge on any atom is -0.456 e. The number of para-hydroxylation sites is 1. The van der Waals surface area contributed by atoms with E-state index < -0.39 is 5.60 Å². The predicted molar refractivity (Wildman–Crippen MR) is 84.0 cm³/mol. The fourth-order valence-electron chi connectivity index (χ4n) is 2.26. The second-order valence-electron chi connectivity index (χ2n) is 4.82. The van der Waals surface area contributed by atoms with Crippen LogP contribution < -0.4 is 0 Å². The minimum absolute atomic E-state index is 0.465. The largest absolute Gasteiger partial charge is 0.456 e. The molecule has 1 aromatic heterocycles. The summed E-state index contributed by atoms with van der Waals surface area (Å²) >= 11 is 9.57. The topological polar surface area (TPSA) is 33.4 Å². The molecule has 1 atom stereocenters. The molecular weight excluding hydrogens is 340 g/mol. The highest BCUT2D eigenvalue weighted by Gasteiger charge is 2.31. The fourth-order valence-corrected chi connectivity index (χ4v) is 3.15. The zero-order chi connectivity index (χ0) is 14.3. The molecule has 0 aliphatic carbocycles. The number of fused-ring (bicyclic) bond motifs is 1. The van der Waals surface area contributed by atoms with E-state index in [0.717, 1.165) is 15.4 Å². The van der Waals surface area contributed by atoms with Gasteiger partial charge in [0, 0.05) is 15.4 Å². The molecule has 2 aromatic carbocycles. The van der Waals surface area contributed by atoms with E-state index in [2.05, 4.69) is 15.9 Å². The molecule has 0 radical (unpaired) electrons. The quantitative estimate of drug-likeness (QED) is 0.696. The maximum Gasteiger partial charge on any atom is 0.153 e. The van der Waals surface area contributed by atoms with Gasteiger partial charge in [-0.2, -0.15) is 0 Å². The van der Waals surface area contributed by atoms with Crippen molar-refractivity contribution in [2.75, 3.05) is 0 Å². The van der Waals surface area contributed by atoms with Gasteiger partial charge >= 0.3 is 0 Å². The summed E-state index contributed by atoms with van der Waals surface area (Å²) in [5, 5.41) is 12.3. The Kier molecular flexibility index (Phi) is 3.36. The first-order chi connectivity index (χ1) is 9.50. The number of aliphatic hydroxyl groups is 1. The third kappa shape index (κ3) is 2.16. The highest BCUT2D eigenvalue weighted by molar-refractivity contribution is 9.10. The third-order valence-corrected chi connectivity index (χ3v) is 4.36. The maximum absolute atomic E-state index is 10.9. The maximum atomic E-state index is 10.9. The Morgan fingerprint density at radius 2 is 1.90 bits per heavy atom. The van der Waals surface area contributed by atoms with Crippen molar-refractivity contribution >= 4 is 38.5 Å². The SMILES string of the molecule is CC(O)(c1cc2cccc(Cl)c2o1)c1ccccc1Br. The van der Waals surface area contributed by atoms with Crippen molar-refractivity contribution in [2.45, 2.75) is 12.5 Å². The van der Waals surface area contributed by atoms with Crippen molar-refractivity contribution in [2.24, 2.45) is 0 Å². The third-order valence-electron chi connectivity index (χ3n) is 3.37. The Morgan fingerprint density at radius 1 is 1.15 bits per heavy atom. The van der Waals surface area contributed by atoms with Crippen LogP contribution in [0.2, 0.25) is 5.02 Å². The van der Waals surface area contributed by atoms with Crippen molar-refractivity contribution in [3.05, 3.63) is 69.3 Å². The van der Waals surface area contributed by atoms with Crippen LogP contribution in [0.1, 0.15) is 18.2 Å². The molecular formula is C16H12BrClO2. The fraction of sp³-hybridized carbons (Fsp3) is 0.125. The summed E-state index contributed by atoms with van der Waals surface area (Å²) in [7, 11) is 0. The van der Waals surface area contributed by atoms with E-state index in [0.29, 0.717) is 16.4 Å². The molecule has 3 aromatic rings. The van der Waals surface area contributed by atoms with Gasteiger partial charge in [0.1, 0.15) is 11.4 Å². The Hall–Kier alpha value is -1.29. The first kappa shape index (κ1) is 13.7. The van der Waals surface area contributed by atoms with E-state index >= 15 is 0 Å². The van der Waals surface area contributed by atoms with Crippen LogP contribution >= 0.6 is 27.5 Å². The summed E-state index contributed by atoms with van der Waals surface area (Å²) in [4.78, 5) is 0. The Balaban J connectivity index is 2.19. The molecule has 0 fully saturated rings. The van der Waals surface area contributed by atoms with Gasteiger partial charge < -0.3 is 9.52 Å². The van der Waals surface area contributed by atoms with Gasteiger partial charge in [-0.1, -0.05) is 57.9 Å². The molecule has 0 saturated heterocycles. The van der Waals surface area contributed by atoms with Crippen LogP contribution in [-0.4, -0.2) is 5.11 Å². The number of rotatable bonds is 2. The lowest BCUT2D eigenvalue weighted by molar-refractivity contribution is 0.0779. The molecule has 20 heavy (non-hydrogen) atoms. The number of furan rings is 1. The average Bonchev–Trinajstić information content (AvgIpc) is 2.85. The summed E-state index contributed by atoms with van der Waals surface area (Å²) in [6.45, 7) is 1.71. The Labute approximate surface area is 130 Å². The van der Waals surface area contributed by atoms with Crippen LogP contribution in [0.3, 0.4) is 0 Å². The smallest absolute Gasteiger partial charge is 0.153 e. The Morgan fingerprint density at radius 3 is 2.60 bits per heavy atom. The van der Waals surface area contributed by atoms with E-state index in [9.17, 15) is 5.11 Å². The van der Waals surface area contributed by atoms with Gasteiger partial charge in [0.05, 0.1) is 5.02 Å². The van der Waals surface area contributed by atoms with Crippen molar-refractivity contribution in [1.82, 2.24) is 0 Å². The van der Waals surface area contributed by atoms with E-state index in [1.807, 2.05) is 42.5 Å². The van der Waals surface area contributed by atoms with Gasteiger partial charge in [-0.3, -0.25) is 0 Å². The highest BCUT2D eigenvalue weighted by atomic mass is 79.9. The summed E-state index contributed by atoms with van der Waals surface area (Å²) in [5.74, 6) is 0.465. The van der Waals surface area contributed by atoms with Crippen LogP contribution in [0.5, 0.6) is 0 Å². The zero-order valence-electron chi connectivity index (χ0n) is 10.7. The predicted octanol–water partition coefficient (Wildman–Crippen LogP) is 5.10. The van der Waals surface area contributed by atoms with Crippen molar-refractivity contribution in [3.8, 4) is 0 Å². The van der Waals surface area contributed by atoms with Gasteiger partial charge in [0.25, 0.3) is 0 Å². The molecule has 1 N–H and O–H groups in total. The van der Waals surface area contributed by atoms with E-state index in [1.54, 1.807) is 13.0 Å². The van der Waals surface area contributed by atoms with Crippen LogP contribution in [0.25, 0.3) is 11.0 Å². The lowest BCUT2D eigenvalue weighted by atomic mass is 9.93. The number of halogens is 2. The molecule has 102 valence electrons. The standard InChI is InChI=1S/C16H12BrClO2/c1-16(19,11-6-2-3-7-12(11)17)14-9-10-5-4-8-13(18)15(10)20-14/h2-9,19H,1H3. The van der Waals surface area contributed by atoms with Crippen LogP contribution in [0.4, 0.5) is 0 Å². The van der Waals surface area contributed by atoms with Crippen molar-refractivity contribution in [3.63, 3.8) is 0 Å². The molecule has 0 aliphatic heterocycles. The van der Waals surface area contributed by atoms with Gasteiger partial charge in [0.15, 0.2) is 5.58 Å². The minimum atomic E-state index is -1.23. The lowest BCUT2D eigenvalue weighted by Crippen LogP contribution is -2.22.